The normalized spacial score (nSPS) is 17.7. The molecule has 1 aliphatic rings. The molecule has 2 rings (SSSR count). The third-order valence-electron chi connectivity index (χ3n) is 3.38. The Morgan fingerprint density at radius 1 is 1.27 bits per heavy atom. The van der Waals surface area contributed by atoms with Crippen LogP contribution in [0.1, 0.15) is 20.8 Å². The van der Waals surface area contributed by atoms with E-state index < -0.39 is 6.04 Å². The predicted octanol–water partition coefficient (Wildman–Crippen LogP) is 1.10. The van der Waals surface area contributed by atoms with Crippen LogP contribution in [-0.4, -0.2) is 37.1 Å². The highest BCUT2D eigenvalue weighted by atomic mass is 16.6. The Morgan fingerprint density at radius 2 is 1.95 bits per heavy atom. The molecule has 0 saturated heterocycles. The standard InChI is InChI=1S/C16H22N2O4/c1-10(2)15(18-11(3)19)16(20)17-8-12-9-21-13-6-4-5-7-14(13)22-12/h4-7,10,12,15H,8-9H2,1-3H3,(H,17,20)(H,18,19)/t12-,15+/m1/s1. The number of hydrogen-bond donors (Lipinski definition) is 2. The molecule has 6 nitrogen and oxygen atoms in total. The molecule has 2 amide bonds. The summed E-state index contributed by atoms with van der Waals surface area (Å²) in [6.07, 6.45) is -0.246. The Labute approximate surface area is 130 Å². The summed E-state index contributed by atoms with van der Waals surface area (Å²) in [6, 6.07) is 6.88. The number of carbonyl (C=O) groups is 2. The molecule has 1 aromatic carbocycles. The van der Waals surface area contributed by atoms with Crippen molar-refractivity contribution in [1.29, 1.82) is 0 Å². The number of hydrogen-bond acceptors (Lipinski definition) is 4. The monoisotopic (exact) mass is 306 g/mol. The zero-order chi connectivity index (χ0) is 16.1. The van der Waals surface area contributed by atoms with E-state index in [1.807, 2.05) is 38.1 Å². The topological polar surface area (TPSA) is 76.7 Å². The number of rotatable bonds is 5. The summed E-state index contributed by atoms with van der Waals surface area (Å²) in [5, 5.41) is 5.47. The summed E-state index contributed by atoms with van der Waals surface area (Å²) in [5.74, 6) is 0.958. The van der Waals surface area contributed by atoms with E-state index >= 15 is 0 Å². The average Bonchev–Trinajstić information content (AvgIpc) is 2.49. The fourth-order valence-electron chi connectivity index (χ4n) is 2.24. The number of benzene rings is 1. The van der Waals surface area contributed by atoms with E-state index in [0.29, 0.717) is 24.7 Å². The molecule has 120 valence electrons. The molecule has 0 saturated carbocycles. The Bertz CT molecular complexity index is 545. The number of carbonyl (C=O) groups excluding carboxylic acids is 2. The second-order valence-electron chi connectivity index (χ2n) is 5.66. The molecule has 0 radical (unpaired) electrons. The van der Waals surface area contributed by atoms with Crippen molar-refractivity contribution in [3.8, 4) is 11.5 Å². The van der Waals surface area contributed by atoms with Gasteiger partial charge in [-0.05, 0) is 18.1 Å². The highest BCUT2D eigenvalue weighted by molar-refractivity contribution is 5.87. The molecule has 22 heavy (non-hydrogen) atoms. The summed E-state index contributed by atoms with van der Waals surface area (Å²) in [5.41, 5.74) is 0. The second-order valence-corrected chi connectivity index (χ2v) is 5.66. The van der Waals surface area contributed by atoms with Gasteiger partial charge in [0.2, 0.25) is 11.8 Å². The Hall–Kier alpha value is -2.24. The molecule has 0 fully saturated rings. The molecular weight excluding hydrogens is 284 g/mol. The lowest BCUT2D eigenvalue weighted by Crippen LogP contribution is -2.51. The van der Waals surface area contributed by atoms with E-state index in [1.54, 1.807) is 0 Å². The van der Waals surface area contributed by atoms with Gasteiger partial charge in [0.15, 0.2) is 11.5 Å². The lowest BCUT2D eigenvalue weighted by atomic mass is 10.0. The van der Waals surface area contributed by atoms with Crippen molar-refractivity contribution < 1.29 is 19.1 Å². The molecule has 0 unspecified atom stereocenters. The van der Waals surface area contributed by atoms with Gasteiger partial charge in [0.05, 0.1) is 6.54 Å². The van der Waals surface area contributed by atoms with Crippen LogP contribution in [0, 0.1) is 5.92 Å². The highest BCUT2D eigenvalue weighted by Gasteiger charge is 2.25. The van der Waals surface area contributed by atoms with Crippen molar-refractivity contribution in [3.63, 3.8) is 0 Å². The molecule has 1 heterocycles. The number of fused-ring (bicyclic) bond motifs is 1. The van der Waals surface area contributed by atoms with Gasteiger partial charge in [0.25, 0.3) is 0 Å². The summed E-state index contributed by atoms with van der Waals surface area (Å²) in [7, 11) is 0. The molecule has 6 heteroatoms. The first-order valence-corrected chi connectivity index (χ1v) is 7.40. The first-order chi connectivity index (χ1) is 10.5. The summed E-state index contributed by atoms with van der Waals surface area (Å²) in [4.78, 5) is 23.4. The molecule has 1 aliphatic heterocycles. The summed E-state index contributed by atoms with van der Waals surface area (Å²) < 4.78 is 11.4. The predicted molar refractivity (Wildman–Crippen MR) is 81.8 cm³/mol. The number of para-hydroxylation sites is 2. The van der Waals surface area contributed by atoms with Gasteiger partial charge in [-0.25, -0.2) is 0 Å². The molecule has 1 aromatic rings. The van der Waals surface area contributed by atoms with Crippen molar-refractivity contribution in [2.24, 2.45) is 5.92 Å². The summed E-state index contributed by atoms with van der Waals surface area (Å²) >= 11 is 0. The summed E-state index contributed by atoms with van der Waals surface area (Å²) in [6.45, 7) is 5.88. The minimum Gasteiger partial charge on any atom is -0.486 e. The van der Waals surface area contributed by atoms with E-state index in [1.165, 1.54) is 6.92 Å². The maximum Gasteiger partial charge on any atom is 0.242 e. The second kappa shape index (κ2) is 7.15. The van der Waals surface area contributed by atoms with E-state index in [2.05, 4.69) is 10.6 Å². The van der Waals surface area contributed by atoms with Crippen molar-refractivity contribution in [2.45, 2.75) is 32.9 Å². The van der Waals surface area contributed by atoms with E-state index in [0.717, 1.165) is 0 Å². The number of amides is 2. The van der Waals surface area contributed by atoms with Gasteiger partial charge in [-0.3, -0.25) is 9.59 Å². The van der Waals surface area contributed by atoms with E-state index in [4.69, 9.17) is 9.47 Å². The first kappa shape index (κ1) is 16.1. The third kappa shape index (κ3) is 4.13. The van der Waals surface area contributed by atoms with E-state index in [9.17, 15) is 9.59 Å². The van der Waals surface area contributed by atoms with Crippen molar-refractivity contribution in [3.05, 3.63) is 24.3 Å². The molecule has 2 atom stereocenters. The molecular formula is C16H22N2O4. The van der Waals surface area contributed by atoms with Gasteiger partial charge >= 0.3 is 0 Å². The number of nitrogens with one attached hydrogen (secondary N) is 2. The maximum absolute atomic E-state index is 12.2. The zero-order valence-electron chi connectivity index (χ0n) is 13.1. The molecule has 0 aromatic heterocycles. The van der Waals surface area contributed by atoms with Crippen LogP contribution in [-0.2, 0) is 9.59 Å². The van der Waals surface area contributed by atoms with E-state index in [-0.39, 0.29) is 23.8 Å². The smallest absolute Gasteiger partial charge is 0.242 e. The van der Waals surface area contributed by atoms with Crippen LogP contribution in [0.25, 0.3) is 0 Å². The van der Waals surface area contributed by atoms with Crippen molar-refractivity contribution in [2.75, 3.05) is 13.2 Å². The quantitative estimate of drug-likeness (QED) is 0.854. The largest absolute Gasteiger partial charge is 0.486 e. The molecule has 2 N–H and O–H groups in total. The minimum absolute atomic E-state index is 0.00755. The van der Waals surface area contributed by atoms with Gasteiger partial charge in [-0.15, -0.1) is 0 Å². The number of ether oxygens (including phenoxy) is 2. The molecule has 0 spiro atoms. The maximum atomic E-state index is 12.2. The van der Waals surface area contributed by atoms with Crippen LogP contribution in [0.2, 0.25) is 0 Å². The average molecular weight is 306 g/mol. The van der Waals surface area contributed by atoms with Crippen LogP contribution < -0.4 is 20.1 Å². The molecule has 0 aliphatic carbocycles. The van der Waals surface area contributed by atoms with Crippen LogP contribution in [0.4, 0.5) is 0 Å². The fourth-order valence-corrected chi connectivity index (χ4v) is 2.24. The van der Waals surface area contributed by atoms with Gasteiger partial charge in [-0.2, -0.15) is 0 Å². The third-order valence-corrected chi connectivity index (χ3v) is 3.38. The van der Waals surface area contributed by atoms with Gasteiger partial charge in [0, 0.05) is 6.92 Å². The van der Waals surface area contributed by atoms with Crippen molar-refractivity contribution >= 4 is 11.8 Å². The fraction of sp³-hybridized carbons (Fsp3) is 0.500. The van der Waals surface area contributed by atoms with Crippen molar-refractivity contribution in [1.82, 2.24) is 10.6 Å². The highest BCUT2D eigenvalue weighted by Crippen LogP contribution is 2.30. The van der Waals surface area contributed by atoms with Gasteiger partial charge < -0.3 is 20.1 Å². The van der Waals surface area contributed by atoms with Gasteiger partial charge in [-0.1, -0.05) is 26.0 Å². The van der Waals surface area contributed by atoms with Crippen LogP contribution >= 0.6 is 0 Å². The lowest BCUT2D eigenvalue weighted by molar-refractivity contribution is -0.129. The first-order valence-electron chi connectivity index (χ1n) is 7.40. The van der Waals surface area contributed by atoms with Gasteiger partial charge in [0.1, 0.15) is 18.8 Å². The zero-order valence-corrected chi connectivity index (χ0v) is 13.1. The SMILES string of the molecule is CC(=O)N[C@H](C(=O)NC[C@@H]1COc2ccccc2O1)C(C)C. The Kier molecular flexibility index (Phi) is 5.25. The minimum atomic E-state index is -0.547. The van der Waals surface area contributed by atoms with Crippen LogP contribution in [0.5, 0.6) is 11.5 Å². The lowest BCUT2D eigenvalue weighted by Gasteiger charge is -2.27. The van der Waals surface area contributed by atoms with Crippen LogP contribution in [0.15, 0.2) is 24.3 Å². The van der Waals surface area contributed by atoms with Crippen LogP contribution in [0.3, 0.4) is 0 Å². The Morgan fingerprint density at radius 3 is 2.59 bits per heavy atom. The Balaban J connectivity index is 1.87. The molecule has 0 bridgehead atoms.